The number of hydrogen-bond donors (Lipinski definition) is 1. The van der Waals surface area contributed by atoms with Crippen LogP contribution in [0.2, 0.25) is 0 Å². The van der Waals surface area contributed by atoms with E-state index in [4.69, 9.17) is 4.42 Å². The van der Waals surface area contributed by atoms with Gasteiger partial charge in [-0.15, -0.1) is 10.2 Å². The van der Waals surface area contributed by atoms with Crippen LogP contribution in [0.4, 0.5) is 0 Å². The van der Waals surface area contributed by atoms with Crippen molar-refractivity contribution in [3.63, 3.8) is 0 Å². The lowest BCUT2D eigenvalue weighted by Crippen LogP contribution is -2.39. The van der Waals surface area contributed by atoms with Gasteiger partial charge in [0.2, 0.25) is 5.89 Å². The monoisotopic (exact) mass is 461 g/mol. The molecule has 2 aromatic carbocycles. The lowest BCUT2D eigenvalue weighted by molar-refractivity contribution is 0.448. The zero-order chi connectivity index (χ0) is 23.0. The van der Waals surface area contributed by atoms with Crippen molar-refractivity contribution in [3.8, 4) is 34.3 Å². The van der Waals surface area contributed by atoms with E-state index in [0.717, 1.165) is 24.2 Å². The summed E-state index contributed by atoms with van der Waals surface area (Å²) in [5.41, 5.74) is 3.89. The molecule has 0 atom stereocenters. The molecular formula is C24H23N5O3S. The van der Waals surface area contributed by atoms with Crippen molar-refractivity contribution < 1.29 is 12.8 Å². The van der Waals surface area contributed by atoms with Gasteiger partial charge in [0.05, 0.1) is 28.2 Å². The van der Waals surface area contributed by atoms with Crippen LogP contribution in [0.15, 0.2) is 70.2 Å². The van der Waals surface area contributed by atoms with Gasteiger partial charge in [0.25, 0.3) is 5.89 Å². The molecule has 0 amide bonds. The van der Waals surface area contributed by atoms with Crippen molar-refractivity contribution in [2.45, 2.75) is 29.9 Å². The summed E-state index contributed by atoms with van der Waals surface area (Å²) in [6, 6.07) is 14.8. The molecule has 0 unspecified atom stereocenters. The number of sulfone groups is 1. The summed E-state index contributed by atoms with van der Waals surface area (Å²) in [5.74, 6) is 1.21. The van der Waals surface area contributed by atoms with E-state index in [-0.39, 0.29) is 10.8 Å². The fraction of sp³-hybridized carbons (Fsp3) is 0.250. The average Bonchev–Trinajstić information content (AvgIpc) is 3.29. The smallest absolute Gasteiger partial charge is 0.268 e. The first-order chi connectivity index (χ1) is 15.9. The largest absolute Gasteiger partial charge is 0.415 e. The molecule has 1 saturated heterocycles. The Morgan fingerprint density at radius 2 is 1.67 bits per heavy atom. The number of benzene rings is 2. The highest BCUT2D eigenvalue weighted by Crippen LogP contribution is 2.28. The summed E-state index contributed by atoms with van der Waals surface area (Å²) in [6.07, 6.45) is 3.18. The van der Waals surface area contributed by atoms with Gasteiger partial charge in [-0.1, -0.05) is 24.3 Å². The number of rotatable bonds is 6. The summed E-state index contributed by atoms with van der Waals surface area (Å²) >= 11 is 0. The Balaban J connectivity index is 1.41. The van der Waals surface area contributed by atoms with Crippen LogP contribution in [0.5, 0.6) is 0 Å². The van der Waals surface area contributed by atoms with Crippen LogP contribution in [0.25, 0.3) is 34.3 Å². The Bertz CT molecular complexity index is 1390. The first-order valence-electron chi connectivity index (χ1n) is 10.7. The fourth-order valence-electron chi connectivity index (χ4n) is 3.59. The molecule has 168 valence electrons. The predicted octanol–water partition coefficient (Wildman–Crippen LogP) is 3.73. The third kappa shape index (κ3) is 4.17. The highest BCUT2D eigenvalue weighted by atomic mass is 32.2. The Morgan fingerprint density at radius 3 is 2.36 bits per heavy atom. The molecule has 0 spiro atoms. The van der Waals surface area contributed by atoms with Crippen molar-refractivity contribution in [1.82, 2.24) is 25.5 Å². The molecule has 4 aromatic rings. The van der Waals surface area contributed by atoms with Crippen molar-refractivity contribution in [1.29, 1.82) is 0 Å². The molecule has 0 bridgehead atoms. The summed E-state index contributed by atoms with van der Waals surface area (Å²) in [5, 5.41) is 11.2. The van der Waals surface area contributed by atoms with E-state index in [2.05, 4.69) is 37.6 Å². The average molecular weight is 462 g/mol. The lowest BCUT2D eigenvalue weighted by Gasteiger charge is -2.27. The summed E-state index contributed by atoms with van der Waals surface area (Å²) in [4.78, 5) is 9.14. The van der Waals surface area contributed by atoms with Crippen molar-refractivity contribution in [2.24, 2.45) is 0 Å². The molecule has 0 radical (unpaired) electrons. The molecule has 1 fully saturated rings. The topological polar surface area (TPSA) is 111 Å². The summed E-state index contributed by atoms with van der Waals surface area (Å²) in [7, 11) is -3.33. The van der Waals surface area contributed by atoms with E-state index < -0.39 is 15.1 Å². The maximum atomic E-state index is 12.4. The molecular weight excluding hydrogens is 438 g/mol. The second-order valence-electron chi connectivity index (χ2n) is 8.30. The SMILES string of the molecule is CC(C)S(=O)(=O)c1ccc(-c2cncc(-c3nnc(-c4cccc(C5CNC5)c4)o3)n2)cc1. The van der Waals surface area contributed by atoms with Gasteiger partial charge in [-0.2, -0.15) is 0 Å². The standard InChI is InChI=1S/C24H23N5O3S/c1-15(2)33(30,31)20-8-6-16(7-9-20)21-13-26-14-22(27-21)24-29-28-23(32-24)18-5-3-4-17(10-18)19-11-25-12-19/h3-10,13-15,19,25H,11-12H2,1-2H3. The zero-order valence-electron chi connectivity index (χ0n) is 18.3. The van der Waals surface area contributed by atoms with Crippen LogP contribution < -0.4 is 5.32 Å². The van der Waals surface area contributed by atoms with E-state index in [0.29, 0.717) is 23.2 Å². The molecule has 0 saturated carbocycles. The first-order valence-corrected chi connectivity index (χ1v) is 12.3. The van der Waals surface area contributed by atoms with E-state index in [1.54, 1.807) is 50.5 Å². The van der Waals surface area contributed by atoms with Gasteiger partial charge < -0.3 is 9.73 Å². The molecule has 5 rings (SSSR count). The van der Waals surface area contributed by atoms with Gasteiger partial charge in [0.1, 0.15) is 5.69 Å². The molecule has 1 N–H and O–H groups in total. The van der Waals surface area contributed by atoms with Gasteiger partial charge in [-0.25, -0.2) is 13.4 Å². The lowest BCUT2D eigenvalue weighted by atomic mass is 9.92. The Hall–Kier alpha value is -3.43. The minimum absolute atomic E-state index is 0.272. The minimum Gasteiger partial charge on any atom is -0.415 e. The second-order valence-corrected chi connectivity index (χ2v) is 10.8. The van der Waals surface area contributed by atoms with E-state index >= 15 is 0 Å². The molecule has 0 aliphatic carbocycles. The first kappa shape index (κ1) is 21.4. The van der Waals surface area contributed by atoms with Crippen LogP contribution in [-0.4, -0.2) is 46.9 Å². The van der Waals surface area contributed by atoms with Crippen LogP contribution in [0.1, 0.15) is 25.3 Å². The van der Waals surface area contributed by atoms with Gasteiger partial charge in [-0.3, -0.25) is 4.98 Å². The molecule has 33 heavy (non-hydrogen) atoms. The zero-order valence-corrected chi connectivity index (χ0v) is 19.1. The maximum absolute atomic E-state index is 12.4. The van der Waals surface area contributed by atoms with Crippen LogP contribution in [0, 0.1) is 0 Å². The molecule has 1 aliphatic rings. The Labute approximate surface area is 192 Å². The molecule has 3 heterocycles. The summed E-state index contributed by atoms with van der Waals surface area (Å²) < 4.78 is 30.6. The molecule has 8 nitrogen and oxygen atoms in total. The number of nitrogens with zero attached hydrogens (tertiary/aromatic N) is 4. The van der Waals surface area contributed by atoms with Crippen LogP contribution in [-0.2, 0) is 9.84 Å². The maximum Gasteiger partial charge on any atom is 0.268 e. The third-order valence-corrected chi connectivity index (χ3v) is 7.93. The molecule has 9 heteroatoms. The fourth-order valence-corrected chi connectivity index (χ4v) is 4.65. The van der Waals surface area contributed by atoms with E-state index in [1.165, 1.54) is 5.56 Å². The van der Waals surface area contributed by atoms with Gasteiger partial charge in [0.15, 0.2) is 9.84 Å². The van der Waals surface area contributed by atoms with Crippen molar-refractivity contribution >= 4 is 9.84 Å². The predicted molar refractivity (Wildman–Crippen MR) is 124 cm³/mol. The number of hydrogen-bond acceptors (Lipinski definition) is 8. The van der Waals surface area contributed by atoms with E-state index in [9.17, 15) is 8.42 Å². The number of aromatic nitrogens is 4. The van der Waals surface area contributed by atoms with Crippen LogP contribution in [0.3, 0.4) is 0 Å². The van der Waals surface area contributed by atoms with Gasteiger partial charge in [0, 0.05) is 30.1 Å². The number of nitrogens with one attached hydrogen (secondary N) is 1. The normalized spacial score (nSPS) is 14.4. The quantitative estimate of drug-likeness (QED) is 0.462. The molecule has 2 aromatic heterocycles. The van der Waals surface area contributed by atoms with Crippen LogP contribution >= 0.6 is 0 Å². The van der Waals surface area contributed by atoms with Gasteiger partial charge >= 0.3 is 0 Å². The third-order valence-electron chi connectivity index (χ3n) is 5.76. The van der Waals surface area contributed by atoms with E-state index in [1.807, 2.05) is 12.1 Å². The van der Waals surface area contributed by atoms with Crippen molar-refractivity contribution in [3.05, 3.63) is 66.5 Å². The minimum atomic E-state index is -3.33. The highest BCUT2D eigenvalue weighted by molar-refractivity contribution is 7.92. The highest BCUT2D eigenvalue weighted by Gasteiger charge is 2.21. The molecule has 1 aliphatic heterocycles. The summed E-state index contributed by atoms with van der Waals surface area (Å²) in [6.45, 7) is 5.28. The Morgan fingerprint density at radius 1 is 0.939 bits per heavy atom. The second kappa shape index (κ2) is 8.49. The van der Waals surface area contributed by atoms with Crippen molar-refractivity contribution in [2.75, 3.05) is 13.1 Å². The Kier molecular flexibility index (Phi) is 5.51. The van der Waals surface area contributed by atoms with Gasteiger partial charge in [-0.05, 0) is 43.7 Å².